The average molecular weight is 427 g/mol. The van der Waals surface area contributed by atoms with E-state index in [-0.39, 0.29) is 5.75 Å². The van der Waals surface area contributed by atoms with Crippen LogP contribution in [-0.4, -0.2) is 53.4 Å². The molecule has 122 valence electrons. The van der Waals surface area contributed by atoms with Gasteiger partial charge in [-0.3, -0.25) is 0 Å². The molecule has 0 bridgehead atoms. The number of alkyl halides is 4. The number of halogens is 4. The van der Waals surface area contributed by atoms with Gasteiger partial charge in [0.25, 0.3) is 0 Å². The molecule has 0 saturated carbocycles. The van der Waals surface area contributed by atoms with Crippen LogP contribution in [0.2, 0.25) is 0 Å². The van der Waals surface area contributed by atoms with Gasteiger partial charge in [0, 0.05) is 12.8 Å². The predicted molar refractivity (Wildman–Crippen MR) is 88.0 cm³/mol. The van der Waals surface area contributed by atoms with Crippen LogP contribution < -0.4 is 0 Å². The lowest BCUT2D eigenvalue weighted by Gasteiger charge is -2.25. The Kier molecular flexibility index (Phi) is 8.85. The predicted octanol–water partition coefficient (Wildman–Crippen LogP) is 2.66. The Hall–Kier alpha value is 1.37. The molecule has 0 aliphatic carbocycles. The maximum Gasteiger partial charge on any atom is 0.224 e. The first kappa shape index (κ1) is 21.4. The molecule has 12 heteroatoms. The first-order valence-electron chi connectivity index (χ1n) is 5.36. The molecule has 20 heavy (non-hydrogen) atoms. The Morgan fingerprint density at radius 2 is 1.60 bits per heavy atom. The molecule has 0 spiro atoms. The SMILES string of the molecule is CCCS(=O)(=O)CCS(=O)(=O)N(C)SC(Cl)(Cl)C(Cl)Cl. The third-order valence-electron chi connectivity index (χ3n) is 2.06. The maximum atomic E-state index is 11.9. The van der Waals surface area contributed by atoms with Crippen LogP contribution in [0.5, 0.6) is 0 Å². The molecule has 0 rings (SSSR count). The Morgan fingerprint density at radius 1 is 1.10 bits per heavy atom. The van der Waals surface area contributed by atoms with E-state index in [1.807, 2.05) is 0 Å². The average Bonchev–Trinajstić information content (AvgIpc) is 2.26. The van der Waals surface area contributed by atoms with Crippen molar-refractivity contribution in [3.63, 3.8) is 0 Å². The summed E-state index contributed by atoms with van der Waals surface area (Å²) in [7, 11) is -6.04. The normalized spacial score (nSPS) is 14.2. The molecule has 0 heterocycles. The highest BCUT2D eigenvalue weighted by Crippen LogP contribution is 2.44. The summed E-state index contributed by atoms with van der Waals surface area (Å²) >= 11 is 23.0. The molecule has 0 unspecified atom stereocenters. The van der Waals surface area contributed by atoms with Gasteiger partial charge < -0.3 is 0 Å². The van der Waals surface area contributed by atoms with Gasteiger partial charge in [-0.15, -0.1) is 26.9 Å². The van der Waals surface area contributed by atoms with E-state index in [1.54, 1.807) is 6.92 Å². The zero-order chi connectivity index (χ0) is 16.2. The van der Waals surface area contributed by atoms with E-state index in [1.165, 1.54) is 7.05 Å². The molecule has 0 saturated heterocycles. The smallest absolute Gasteiger partial charge is 0.224 e. The van der Waals surface area contributed by atoms with Crippen molar-refractivity contribution in [2.24, 2.45) is 0 Å². The molecule has 0 aromatic rings. The molecule has 0 aliphatic heterocycles. The van der Waals surface area contributed by atoms with Crippen molar-refractivity contribution in [1.82, 2.24) is 3.71 Å². The first-order chi connectivity index (χ1) is 8.84. The third-order valence-corrected chi connectivity index (χ3v) is 9.53. The molecule has 0 amide bonds. The number of sulfone groups is 1. The second-order valence-electron chi connectivity index (χ2n) is 3.83. The Morgan fingerprint density at radius 3 is 2.00 bits per heavy atom. The molecule has 0 fully saturated rings. The summed E-state index contributed by atoms with van der Waals surface area (Å²) in [6, 6.07) is 0. The minimum atomic E-state index is -3.85. The van der Waals surface area contributed by atoms with Crippen molar-refractivity contribution in [3.8, 4) is 0 Å². The number of rotatable bonds is 9. The number of hydrogen-bond acceptors (Lipinski definition) is 5. The summed E-state index contributed by atoms with van der Waals surface area (Å²) in [6.45, 7) is 1.70. The van der Waals surface area contributed by atoms with Crippen LogP contribution in [0.15, 0.2) is 0 Å². The van der Waals surface area contributed by atoms with Crippen molar-refractivity contribution in [2.75, 3.05) is 24.3 Å². The lowest BCUT2D eigenvalue weighted by atomic mass is 10.6. The quantitative estimate of drug-likeness (QED) is 0.418. The molecule has 0 aromatic heterocycles. The fraction of sp³-hybridized carbons (Fsp3) is 1.00. The number of sulfonamides is 1. The van der Waals surface area contributed by atoms with Crippen LogP contribution in [0.3, 0.4) is 0 Å². The maximum absolute atomic E-state index is 11.9. The zero-order valence-electron chi connectivity index (χ0n) is 10.7. The van der Waals surface area contributed by atoms with Crippen LogP contribution >= 0.6 is 58.4 Å². The molecular weight excluding hydrogens is 412 g/mol. The van der Waals surface area contributed by atoms with Crippen LogP contribution in [-0.2, 0) is 19.9 Å². The van der Waals surface area contributed by atoms with Gasteiger partial charge in [-0.25, -0.2) is 16.8 Å². The van der Waals surface area contributed by atoms with E-state index in [2.05, 4.69) is 0 Å². The van der Waals surface area contributed by atoms with E-state index >= 15 is 0 Å². The van der Waals surface area contributed by atoms with Crippen molar-refractivity contribution < 1.29 is 16.8 Å². The van der Waals surface area contributed by atoms with E-state index in [0.717, 1.165) is 3.71 Å². The topological polar surface area (TPSA) is 71.5 Å². The number of nitrogens with zero attached hydrogens (tertiary/aromatic N) is 1. The van der Waals surface area contributed by atoms with Crippen LogP contribution in [0.4, 0.5) is 0 Å². The van der Waals surface area contributed by atoms with E-state index in [9.17, 15) is 16.8 Å². The minimum absolute atomic E-state index is 0.0558. The Labute approximate surface area is 144 Å². The van der Waals surface area contributed by atoms with Crippen LogP contribution in [0, 0.1) is 0 Å². The van der Waals surface area contributed by atoms with Gasteiger partial charge in [-0.1, -0.05) is 30.1 Å². The highest BCUT2D eigenvalue weighted by Gasteiger charge is 2.38. The second-order valence-corrected chi connectivity index (χ2v) is 12.8. The van der Waals surface area contributed by atoms with Gasteiger partial charge in [0.1, 0.15) is 0 Å². The molecule has 0 N–H and O–H groups in total. The molecule has 0 atom stereocenters. The molecule has 0 radical (unpaired) electrons. The van der Waals surface area contributed by atoms with Gasteiger partial charge in [0.15, 0.2) is 14.7 Å². The summed E-state index contributed by atoms with van der Waals surface area (Å²) in [5, 5.41) is 0. The lowest BCUT2D eigenvalue weighted by Crippen LogP contribution is -2.32. The fourth-order valence-electron chi connectivity index (χ4n) is 1.04. The van der Waals surface area contributed by atoms with Gasteiger partial charge in [0.05, 0.1) is 11.5 Å². The summed E-state index contributed by atoms with van der Waals surface area (Å²) in [6.07, 6.45) is 0.430. The first-order valence-corrected chi connectivity index (χ1v) is 11.2. The fourth-order valence-corrected chi connectivity index (χ4v) is 6.54. The monoisotopic (exact) mass is 425 g/mol. The van der Waals surface area contributed by atoms with Gasteiger partial charge in [0.2, 0.25) is 13.7 Å². The van der Waals surface area contributed by atoms with Crippen LogP contribution in [0.25, 0.3) is 0 Å². The second kappa shape index (κ2) is 8.29. The molecular formula is C8H15Cl4NO4S3. The van der Waals surface area contributed by atoms with Crippen molar-refractivity contribution in [3.05, 3.63) is 0 Å². The summed E-state index contributed by atoms with van der Waals surface area (Å²) in [4.78, 5) is -1.22. The van der Waals surface area contributed by atoms with Crippen molar-refractivity contribution >= 4 is 78.2 Å². The van der Waals surface area contributed by atoms with Crippen LogP contribution in [0.1, 0.15) is 13.3 Å². The molecule has 0 aliphatic rings. The standard InChI is InChI=1S/C8H15Cl4NO4S3/c1-3-4-19(14,15)5-6-20(16,17)13(2)18-8(11,12)7(9)10/h7H,3-6H2,1-2H3. The molecule has 5 nitrogen and oxygen atoms in total. The highest BCUT2D eigenvalue weighted by atomic mass is 35.5. The van der Waals surface area contributed by atoms with E-state index < -0.39 is 39.9 Å². The Balaban J connectivity index is 4.74. The Bertz CT molecular complexity index is 506. The van der Waals surface area contributed by atoms with Gasteiger partial charge in [-0.05, 0) is 18.4 Å². The zero-order valence-corrected chi connectivity index (χ0v) is 16.2. The summed E-state index contributed by atoms with van der Waals surface area (Å²) in [5.74, 6) is -1.07. The lowest BCUT2D eigenvalue weighted by molar-refractivity contribution is 0.562. The molecule has 0 aromatic carbocycles. The van der Waals surface area contributed by atoms with Gasteiger partial charge in [-0.2, -0.15) is 0 Å². The van der Waals surface area contributed by atoms with Crippen molar-refractivity contribution in [2.45, 2.75) is 21.8 Å². The van der Waals surface area contributed by atoms with E-state index in [0.29, 0.717) is 18.4 Å². The van der Waals surface area contributed by atoms with E-state index in [4.69, 9.17) is 46.4 Å². The minimum Gasteiger partial charge on any atom is -0.229 e. The van der Waals surface area contributed by atoms with Crippen molar-refractivity contribution in [1.29, 1.82) is 0 Å². The van der Waals surface area contributed by atoms with Gasteiger partial charge >= 0.3 is 0 Å². The summed E-state index contributed by atoms with van der Waals surface area (Å²) < 4.78 is 45.9. The summed E-state index contributed by atoms with van der Waals surface area (Å²) in [5.41, 5.74) is 0. The largest absolute Gasteiger partial charge is 0.229 e. The number of hydrogen-bond donors (Lipinski definition) is 0. The third kappa shape index (κ3) is 7.58. The highest BCUT2D eigenvalue weighted by molar-refractivity contribution is 8.11.